The van der Waals surface area contributed by atoms with Crippen LogP contribution >= 0.6 is 11.3 Å². The summed E-state index contributed by atoms with van der Waals surface area (Å²) < 4.78 is 13.6. The van der Waals surface area contributed by atoms with Gasteiger partial charge in [-0.05, 0) is 42.3 Å². The third-order valence-electron chi connectivity index (χ3n) is 3.84. The van der Waals surface area contributed by atoms with Crippen LogP contribution in [0.5, 0.6) is 0 Å². The van der Waals surface area contributed by atoms with Crippen LogP contribution in [0.3, 0.4) is 0 Å². The highest BCUT2D eigenvalue weighted by molar-refractivity contribution is 7.10. The summed E-state index contributed by atoms with van der Waals surface area (Å²) in [5.74, 6) is -0.887. The van der Waals surface area contributed by atoms with Gasteiger partial charge in [0.15, 0.2) is 0 Å². The molecule has 1 unspecified atom stereocenters. The molecule has 0 spiro atoms. The summed E-state index contributed by atoms with van der Waals surface area (Å²) in [6.07, 6.45) is 1.90. The van der Waals surface area contributed by atoms with Crippen LogP contribution in [0.4, 0.5) is 4.39 Å². The van der Waals surface area contributed by atoms with Crippen molar-refractivity contribution in [2.75, 3.05) is 6.54 Å². The molecule has 1 aliphatic rings. The Morgan fingerprint density at radius 3 is 2.71 bits per heavy atom. The number of carbonyl (C=O) groups is 1. The maximum atomic E-state index is 13.6. The lowest BCUT2D eigenvalue weighted by atomic mass is 9.95. The van der Waals surface area contributed by atoms with Gasteiger partial charge >= 0.3 is 0 Å². The van der Waals surface area contributed by atoms with Crippen LogP contribution in [-0.4, -0.2) is 17.6 Å². The highest BCUT2D eigenvalue weighted by Crippen LogP contribution is 2.46. The fourth-order valence-corrected chi connectivity index (χ4v) is 3.38. The summed E-state index contributed by atoms with van der Waals surface area (Å²) >= 11 is 1.47. The molecule has 3 nitrogen and oxygen atoms in total. The predicted octanol–water partition coefficient (Wildman–Crippen LogP) is 2.91. The van der Waals surface area contributed by atoms with E-state index in [1.165, 1.54) is 29.5 Å². The van der Waals surface area contributed by atoms with Crippen molar-refractivity contribution in [3.8, 4) is 0 Å². The summed E-state index contributed by atoms with van der Waals surface area (Å²) in [6, 6.07) is 9.60. The van der Waals surface area contributed by atoms with Crippen molar-refractivity contribution in [1.29, 1.82) is 0 Å². The average Bonchev–Trinajstić information content (AvgIpc) is 3.20. The zero-order chi connectivity index (χ0) is 14.9. The van der Waals surface area contributed by atoms with Gasteiger partial charge in [0, 0.05) is 4.88 Å². The maximum Gasteiger partial charge on any atom is 0.254 e. The van der Waals surface area contributed by atoms with Gasteiger partial charge in [0.2, 0.25) is 0 Å². The summed E-state index contributed by atoms with van der Waals surface area (Å²) in [5.41, 5.74) is -1.04. The Morgan fingerprint density at radius 1 is 1.33 bits per heavy atom. The molecule has 1 fully saturated rings. The highest BCUT2D eigenvalue weighted by atomic mass is 32.1. The number of nitrogens with one attached hydrogen (secondary N) is 1. The fourth-order valence-electron chi connectivity index (χ4n) is 2.47. The number of hydrogen-bond acceptors (Lipinski definition) is 3. The quantitative estimate of drug-likeness (QED) is 0.892. The Bertz CT molecular complexity index is 639. The van der Waals surface area contributed by atoms with Gasteiger partial charge in [-0.1, -0.05) is 18.2 Å². The van der Waals surface area contributed by atoms with Gasteiger partial charge in [-0.25, -0.2) is 4.39 Å². The van der Waals surface area contributed by atoms with E-state index < -0.39 is 17.3 Å². The topological polar surface area (TPSA) is 49.3 Å². The highest BCUT2D eigenvalue weighted by Gasteiger charge is 2.46. The molecule has 0 aliphatic heterocycles. The third-order valence-corrected chi connectivity index (χ3v) is 4.87. The van der Waals surface area contributed by atoms with E-state index in [1.54, 1.807) is 6.07 Å². The molecule has 1 saturated carbocycles. The molecule has 1 aromatic carbocycles. The number of hydrogen-bond donors (Lipinski definition) is 2. The molecule has 0 radical (unpaired) electrons. The zero-order valence-corrected chi connectivity index (χ0v) is 12.2. The standard InChI is InChI=1S/C16H16FNO2S/c17-13-5-2-1-4-12(13)15(19)18-10-16(20,11-7-8-11)14-6-3-9-21-14/h1-6,9,11,20H,7-8,10H2,(H,18,19). The largest absolute Gasteiger partial charge is 0.382 e. The van der Waals surface area contributed by atoms with Gasteiger partial charge in [0.05, 0.1) is 12.1 Å². The molecule has 1 heterocycles. The molecule has 2 N–H and O–H groups in total. The second kappa shape index (κ2) is 5.58. The van der Waals surface area contributed by atoms with Gasteiger partial charge in [-0.2, -0.15) is 0 Å². The van der Waals surface area contributed by atoms with E-state index in [0.717, 1.165) is 17.7 Å². The lowest BCUT2D eigenvalue weighted by molar-refractivity contribution is 0.0169. The minimum atomic E-state index is -1.05. The number of aliphatic hydroxyl groups is 1. The van der Waals surface area contributed by atoms with Crippen molar-refractivity contribution in [1.82, 2.24) is 5.32 Å². The van der Waals surface area contributed by atoms with E-state index in [4.69, 9.17) is 0 Å². The number of carbonyl (C=O) groups excluding carboxylic acids is 1. The SMILES string of the molecule is O=C(NCC(O)(c1cccs1)C1CC1)c1ccccc1F. The first-order valence-corrected chi connectivity index (χ1v) is 7.78. The van der Waals surface area contributed by atoms with Crippen molar-refractivity contribution in [2.45, 2.75) is 18.4 Å². The zero-order valence-electron chi connectivity index (χ0n) is 11.4. The molecule has 5 heteroatoms. The molecule has 1 aliphatic carbocycles. The number of amides is 1. The molecule has 3 rings (SSSR count). The molecule has 110 valence electrons. The first-order chi connectivity index (χ1) is 10.1. The first-order valence-electron chi connectivity index (χ1n) is 6.90. The number of rotatable bonds is 5. The lowest BCUT2D eigenvalue weighted by Gasteiger charge is -2.27. The molecule has 2 aromatic rings. The Hall–Kier alpha value is -1.72. The predicted molar refractivity (Wildman–Crippen MR) is 79.7 cm³/mol. The van der Waals surface area contributed by atoms with Crippen molar-refractivity contribution in [2.24, 2.45) is 5.92 Å². The average molecular weight is 305 g/mol. The molecular weight excluding hydrogens is 289 g/mol. The van der Waals surface area contributed by atoms with Crippen molar-refractivity contribution in [3.05, 3.63) is 58.0 Å². The Labute approximate surface area is 126 Å². The van der Waals surface area contributed by atoms with E-state index in [9.17, 15) is 14.3 Å². The summed E-state index contributed by atoms with van der Waals surface area (Å²) in [7, 11) is 0. The van der Waals surface area contributed by atoms with Crippen LogP contribution in [-0.2, 0) is 5.60 Å². The summed E-state index contributed by atoms with van der Waals surface area (Å²) in [6.45, 7) is 0.103. The van der Waals surface area contributed by atoms with Crippen molar-refractivity contribution < 1.29 is 14.3 Å². The van der Waals surface area contributed by atoms with Crippen LogP contribution < -0.4 is 5.32 Å². The second-order valence-electron chi connectivity index (χ2n) is 5.34. The van der Waals surface area contributed by atoms with E-state index in [-0.39, 0.29) is 18.0 Å². The monoisotopic (exact) mass is 305 g/mol. The van der Waals surface area contributed by atoms with Crippen molar-refractivity contribution >= 4 is 17.2 Å². The van der Waals surface area contributed by atoms with Gasteiger partial charge in [-0.3, -0.25) is 4.79 Å². The van der Waals surface area contributed by atoms with Gasteiger partial charge in [-0.15, -0.1) is 11.3 Å². The maximum absolute atomic E-state index is 13.6. The smallest absolute Gasteiger partial charge is 0.254 e. The number of thiophene rings is 1. The molecule has 0 saturated heterocycles. The van der Waals surface area contributed by atoms with Gasteiger partial charge in [0.1, 0.15) is 11.4 Å². The van der Waals surface area contributed by atoms with Gasteiger partial charge in [0.25, 0.3) is 5.91 Å². The minimum Gasteiger partial charge on any atom is -0.382 e. The molecule has 1 aromatic heterocycles. The Balaban J connectivity index is 1.74. The van der Waals surface area contributed by atoms with E-state index in [1.807, 2.05) is 17.5 Å². The van der Waals surface area contributed by atoms with Gasteiger partial charge < -0.3 is 10.4 Å². The van der Waals surface area contributed by atoms with Crippen LogP contribution in [0, 0.1) is 11.7 Å². The van der Waals surface area contributed by atoms with Crippen LogP contribution in [0.15, 0.2) is 41.8 Å². The summed E-state index contributed by atoms with van der Waals surface area (Å²) in [5, 5.41) is 15.5. The molecule has 1 amide bonds. The molecule has 1 atom stereocenters. The second-order valence-corrected chi connectivity index (χ2v) is 6.29. The van der Waals surface area contributed by atoms with E-state index >= 15 is 0 Å². The Kier molecular flexibility index (Phi) is 3.78. The molecule has 21 heavy (non-hydrogen) atoms. The number of benzene rings is 1. The van der Waals surface area contributed by atoms with E-state index in [0.29, 0.717) is 0 Å². The first kappa shape index (κ1) is 14.2. The number of halogens is 1. The normalized spacial score (nSPS) is 17.2. The van der Waals surface area contributed by atoms with Crippen LogP contribution in [0.1, 0.15) is 28.1 Å². The minimum absolute atomic E-state index is 0.00169. The molecule has 0 bridgehead atoms. The summed E-state index contributed by atoms with van der Waals surface area (Å²) in [4.78, 5) is 12.9. The fraction of sp³-hybridized carbons (Fsp3) is 0.312. The molecular formula is C16H16FNO2S. The van der Waals surface area contributed by atoms with E-state index in [2.05, 4.69) is 5.32 Å². The van der Waals surface area contributed by atoms with Crippen LogP contribution in [0.2, 0.25) is 0 Å². The lowest BCUT2D eigenvalue weighted by Crippen LogP contribution is -2.42. The van der Waals surface area contributed by atoms with Crippen LogP contribution in [0.25, 0.3) is 0 Å². The Morgan fingerprint density at radius 2 is 2.10 bits per heavy atom. The van der Waals surface area contributed by atoms with Crippen molar-refractivity contribution in [3.63, 3.8) is 0 Å². The third kappa shape index (κ3) is 2.84.